The minimum atomic E-state index is -0.926. The molecule has 2 N–H and O–H groups in total. The van der Waals surface area contributed by atoms with Crippen LogP contribution in [0.25, 0.3) is 5.65 Å². The van der Waals surface area contributed by atoms with Crippen molar-refractivity contribution >= 4 is 17.5 Å². The second kappa shape index (κ2) is 5.75. The number of hydrogen-bond acceptors (Lipinski definition) is 5. The molecular weight excluding hydrogens is 368 g/mol. The van der Waals surface area contributed by atoms with Gasteiger partial charge in [0.1, 0.15) is 11.2 Å². The quantitative estimate of drug-likeness (QED) is 0.666. The average molecular weight is 388 g/mol. The molecule has 0 bridgehead atoms. The van der Waals surface area contributed by atoms with Crippen molar-refractivity contribution in [2.45, 2.75) is 30.9 Å². The maximum absolute atomic E-state index is 12.7. The lowest BCUT2D eigenvalue weighted by molar-refractivity contribution is -0.0138. The minimum Gasteiger partial charge on any atom is -0.382 e. The van der Waals surface area contributed by atoms with Gasteiger partial charge in [0, 0.05) is 31.0 Å². The molecule has 146 valence electrons. The topological polar surface area (TPSA) is 86.9 Å². The van der Waals surface area contributed by atoms with Gasteiger partial charge in [-0.05, 0) is 42.5 Å². The molecule has 3 aromatic rings. The number of aromatic nitrogens is 2. The number of β-amino-alcohol motifs (C(OH)–C–C–N with tert-alkyl or cyclic N) is 1. The molecule has 6 rings (SSSR count). The molecule has 3 aliphatic rings. The summed E-state index contributed by atoms with van der Waals surface area (Å²) in [5, 5.41) is 14.1. The number of amides is 2. The highest BCUT2D eigenvalue weighted by atomic mass is 16.3. The van der Waals surface area contributed by atoms with E-state index in [1.807, 2.05) is 10.6 Å². The molecule has 2 amide bonds. The SMILES string of the molecule is O=C1c2ccccc2C(=O)N1Cc1cn2cc(C3CC3)cc(C3(O)CNC3)c2n1. The first kappa shape index (κ1) is 16.9. The van der Waals surface area contributed by atoms with Gasteiger partial charge in [0.2, 0.25) is 0 Å². The van der Waals surface area contributed by atoms with Gasteiger partial charge >= 0.3 is 0 Å². The van der Waals surface area contributed by atoms with Gasteiger partial charge in [-0.3, -0.25) is 14.5 Å². The monoisotopic (exact) mass is 388 g/mol. The molecule has 29 heavy (non-hydrogen) atoms. The second-order valence-electron chi connectivity index (χ2n) is 8.30. The number of benzene rings is 1. The lowest BCUT2D eigenvalue weighted by atomic mass is 9.87. The van der Waals surface area contributed by atoms with Gasteiger partial charge in [0.05, 0.1) is 23.4 Å². The molecule has 7 heteroatoms. The van der Waals surface area contributed by atoms with Gasteiger partial charge in [-0.2, -0.15) is 0 Å². The molecule has 1 aliphatic carbocycles. The van der Waals surface area contributed by atoms with Crippen LogP contribution in [-0.4, -0.2) is 44.3 Å². The van der Waals surface area contributed by atoms with E-state index in [0.29, 0.717) is 41.5 Å². The maximum Gasteiger partial charge on any atom is 0.261 e. The van der Waals surface area contributed by atoms with Crippen molar-refractivity contribution in [3.8, 4) is 0 Å². The van der Waals surface area contributed by atoms with E-state index in [9.17, 15) is 14.7 Å². The normalized spacial score (nSPS) is 20.2. The molecule has 0 spiro atoms. The Morgan fingerprint density at radius 1 is 1.10 bits per heavy atom. The number of aliphatic hydroxyl groups is 1. The molecule has 0 radical (unpaired) electrons. The van der Waals surface area contributed by atoms with Crippen molar-refractivity contribution in [1.82, 2.24) is 19.6 Å². The fourth-order valence-electron chi connectivity index (χ4n) is 4.33. The number of hydrogen-bond donors (Lipinski definition) is 2. The van der Waals surface area contributed by atoms with Gasteiger partial charge in [-0.25, -0.2) is 4.98 Å². The highest BCUT2D eigenvalue weighted by molar-refractivity contribution is 6.21. The zero-order valence-corrected chi connectivity index (χ0v) is 15.8. The lowest BCUT2D eigenvalue weighted by Crippen LogP contribution is -2.57. The van der Waals surface area contributed by atoms with E-state index in [2.05, 4.69) is 17.6 Å². The Hall–Kier alpha value is -3.03. The lowest BCUT2D eigenvalue weighted by Gasteiger charge is -2.38. The molecule has 2 aliphatic heterocycles. The van der Waals surface area contributed by atoms with E-state index in [-0.39, 0.29) is 18.4 Å². The predicted octanol–water partition coefficient (Wildman–Crippen LogP) is 1.80. The second-order valence-corrected chi connectivity index (χ2v) is 8.30. The summed E-state index contributed by atoms with van der Waals surface area (Å²) in [6, 6.07) is 8.96. The summed E-state index contributed by atoms with van der Waals surface area (Å²) >= 11 is 0. The number of imide groups is 1. The van der Waals surface area contributed by atoms with Crippen molar-refractivity contribution in [2.75, 3.05) is 13.1 Å². The van der Waals surface area contributed by atoms with Crippen LogP contribution in [0.1, 0.15) is 56.3 Å². The zero-order chi connectivity index (χ0) is 19.8. The number of carbonyl (C=O) groups excluding carboxylic acids is 2. The highest BCUT2D eigenvalue weighted by Crippen LogP contribution is 2.42. The number of nitrogens with one attached hydrogen (secondary N) is 1. The Bertz CT molecular complexity index is 1150. The number of rotatable bonds is 4. The van der Waals surface area contributed by atoms with Crippen molar-refractivity contribution in [3.63, 3.8) is 0 Å². The molecule has 0 atom stereocenters. The van der Waals surface area contributed by atoms with Crippen LogP contribution in [0.15, 0.2) is 42.7 Å². The smallest absolute Gasteiger partial charge is 0.261 e. The number of fused-ring (bicyclic) bond motifs is 2. The summed E-state index contributed by atoms with van der Waals surface area (Å²) < 4.78 is 1.94. The molecule has 1 aromatic carbocycles. The van der Waals surface area contributed by atoms with E-state index in [0.717, 1.165) is 18.4 Å². The van der Waals surface area contributed by atoms with Gasteiger partial charge in [-0.1, -0.05) is 12.1 Å². The van der Waals surface area contributed by atoms with E-state index in [4.69, 9.17) is 4.98 Å². The van der Waals surface area contributed by atoms with Gasteiger partial charge in [0.15, 0.2) is 0 Å². The first-order valence-electron chi connectivity index (χ1n) is 9.94. The van der Waals surface area contributed by atoms with Crippen LogP contribution in [-0.2, 0) is 12.1 Å². The van der Waals surface area contributed by atoms with Crippen LogP contribution < -0.4 is 5.32 Å². The summed E-state index contributed by atoms with van der Waals surface area (Å²) in [4.78, 5) is 31.3. The Balaban J connectivity index is 1.40. The van der Waals surface area contributed by atoms with Crippen molar-refractivity contribution in [2.24, 2.45) is 0 Å². The molecule has 2 fully saturated rings. The number of carbonyl (C=O) groups is 2. The van der Waals surface area contributed by atoms with Crippen LogP contribution in [0.4, 0.5) is 0 Å². The van der Waals surface area contributed by atoms with Crippen LogP contribution in [0, 0.1) is 0 Å². The Morgan fingerprint density at radius 3 is 2.38 bits per heavy atom. The van der Waals surface area contributed by atoms with Crippen LogP contribution in [0.3, 0.4) is 0 Å². The predicted molar refractivity (Wildman–Crippen MR) is 105 cm³/mol. The third-order valence-electron chi connectivity index (χ3n) is 6.21. The fourth-order valence-corrected chi connectivity index (χ4v) is 4.33. The fraction of sp³-hybridized carbons (Fsp3) is 0.318. The molecular formula is C22H20N4O3. The average Bonchev–Trinajstić information content (AvgIpc) is 3.43. The van der Waals surface area contributed by atoms with Crippen LogP contribution in [0.2, 0.25) is 0 Å². The summed E-state index contributed by atoms with van der Waals surface area (Å²) in [5.74, 6) is -0.0383. The largest absolute Gasteiger partial charge is 0.382 e. The molecule has 1 saturated carbocycles. The summed E-state index contributed by atoms with van der Waals surface area (Å²) in [6.07, 6.45) is 6.25. The minimum absolute atomic E-state index is 0.114. The Labute approximate surface area is 167 Å². The summed E-state index contributed by atoms with van der Waals surface area (Å²) in [6.45, 7) is 1.11. The number of imidazole rings is 1. The van der Waals surface area contributed by atoms with Crippen molar-refractivity contribution in [3.05, 3.63) is 70.7 Å². The van der Waals surface area contributed by atoms with E-state index in [1.54, 1.807) is 24.3 Å². The van der Waals surface area contributed by atoms with Gasteiger partial charge in [-0.15, -0.1) is 0 Å². The van der Waals surface area contributed by atoms with E-state index < -0.39 is 5.60 Å². The van der Waals surface area contributed by atoms with Crippen LogP contribution >= 0.6 is 0 Å². The molecule has 4 heterocycles. The van der Waals surface area contributed by atoms with E-state index >= 15 is 0 Å². The van der Waals surface area contributed by atoms with Gasteiger partial charge in [0.25, 0.3) is 11.8 Å². The molecule has 2 aromatic heterocycles. The van der Waals surface area contributed by atoms with Gasteiger partial charge < -0.3 is 14.8 Å². The van der Waals surface area contributed by atoms with E-state index in [1.165, 1.54) is 10.5 Å². The van der Waals surface area contributed by atoms with Crippen molar-refractivity contribution in [1.29, 1.82) is 0 Å². The third kappa shape index (κ3) is 2.47. The number of nitrogens with zero attached hydrogens (tertiary/aromatic N) is 3. The maximum atomic E-state index is 12.7. The number of pyridine rings is 1. The summed E-state index contributed by atoms with van der Waals surface area (Å²) in [7, 11) is 0. The summed E-state index contributed by atoms with van der Waals surface area (Å²) in [5.41, 5.74) is 3.28. The van der Waals surface area contributed by atoms with Crippen LogP contribution in [0.5, 0.6) is 0 Å². The first-order valence-corrected chi connectivity index (χ1v) is 9.94. The van der Waals surface area contributed by atoms with Crippen molar-refractivity contribution < 1.29 is 14.7 Å². The highest BCUT2D eigenvalue weighted by Gasteiger charge is 2.40. The molecule has 1 saturated heterocycles. The molecule has 0 unspecified atom stereocenters. The molecule has 7 nitrogen and oxygen atoms in total. The Kier molecular flexibility index (Phi) is 3.34. The first-order chi connectivity index (χ1) is 14.0. The third-order valence-corrected chi connectivity index (χ3v) is 6.21. The Morgan fingerprint density at radius 2 is 1.79 bits per heavy atom. The standard InChI is InChI=1S/C22H20N4O3/c27-20-16-3-1-2-4-17(16)21(28)26(20)10-15-9-25-8-14(13-5-6-13)7-18(19(25)24-15)22(29)11-23-12-22/h1-4,7-9,13,23,29H,5-6,10-12H2. The zero-order valence-electron chi connectivity index (χ0n) is 15.8.